The van der Waals surface area contributed by atoms with Crippen molar-refractivity contribution in [2.75, 3.05) is 26.2 Å². The lowest BCUT2D eigenvalue weighted by atomic mass is 9.99. The SMILES string of the molecule is CCC(C)C(N)C(=O)N1CCCN(Cc2cscn2)CC1.Cl. The molecule has 1 fully saturated rings. The van der Waals surface area contributed by atoms with Gasteiger partial charge in [-0.05, 0) is 12.3 Å². The first kappa shape index (κ1) is 19.4. The van der Waals surface area contributed by atoms with Crippen LogP contribution in [-0.4, -0.2) is 52.9 Å². The number of carbonyl (C=O) groups is 1. The molecule has 1 aliphatic heterocycles. The molecule has 0 saturated carbocycles. The average Bonchev–Trinajstić information content (AvgIpc) is 2.89. The molecule has 2 rings (SSSR count). The minimum atomic E-state index is -0.361. The van der Waals surface area contributed by atoms with E-state index in [1.165, 1.54) is 0 Å². The second kappa shape index (κ2) is 9.45. The number of halogens is 1. The number of amides is 1. The van der Waals surface area contributed by atoms with Crippen molar-refractivity contribution < 1.29 is 4.79 Å². The van der Waals surface area contributed by atoms with Crippen molar-refractivity contribution in [2.24, 2.45) is 11.7 Å². The first-order valence-electron chi connectivity index (χ1n) is 7.75. The fourth-order valence-corrected chi connectivity index (χ4v) is 3.15. The Morgan fingerprint density at radius 1 is 1.41 bits per heavy atom. The number of nitrogens with zero attached hydrogens (tertiary/aromatic N) is 3. The van der Waals surface area contributed by atoms with Gasteiger partial charge in [-0.3, -0.25) is 9.69 Å². The van der Waals surface area contributed by atoms with Crippen LogP contribution in [0.25, 0.3) is 0 Å². The van der Waals surface area contributed by atoms with E-state index in [0.29, 0.717) is 0 Å². The third-order valence-electron chi connectivity index (χ3n) is 4.31. The third kappa shape index (κ3) is 5.19. The van der Waals surface area contributed by atoms with E-state index >= 15 is 0 Å². The Morgan fingerprint density at radius 2 is 2.18 bits per heavy atom. The Labute approximate surface area is 143 Å². The van der Waals surface area contributed by atoms with Gasteiger partial charge in [0, 0.05) is 38.1 Å². The van der Waals surface area contributed by atoms with Crippen molar-refractivity contribution in [3.05, 3.63) is 16.6 Å². The van der Waals surface area contributed by atoms with Crippen molar-refractivity contribution in [1.82, 2.24) is 14.8 Å². The zero-order chi connectivity index (χ0) is 15.2. The smallest absolute Gasteiger partial charge is 0.239 e. The van der Waals surface area contributed by atoms with Gasteiger partial charge in [-0.25, -0.2) is 4.98 Å². The summed E-state index contributed by atoms with van der Waals surface area (Å²) in [6.45, 7) is 8.51. The van der Waals surface area contributed by atoms with Gasteiger partial charge in [-0.2, -0.15) is 0 Å². The number of nitrogens with two attached hydrogens (primary N) is 1. The summed E-state index contributed by atoms with van der Waals surface area (Å²) in [7, 11) is 0. The van der Waals surface area contributed by atoms with Gasteiger partial charge in [0.15, 0.2) is 0 Å². The molecule has 0 radical (unpaired) electrons. The van der Waals surface area contributed by atoms with E-state index in [2.05, 4.69) is 29.1 Å². The minimum Gasteiger partial charge on any atom is -0.340 e. The maximum Gasteiger partial charge on any atom is 0.239 e. The Hall–Kier alpha value is -0.690. The molecule has 22 heavy (non-hydrogen) atoms. The van der Waals surface area contributed by atoms with Gasteiger partial charge in [0.2, 0.25) is 5.91 Å². The molecule has 1 aromatic rings. The quantitative estimate of drug-likeness (QED) is 0.885. The maximum atomic E-state index is 12.4. The summed E-state index contributed by atoms with van der Waals surface area (Å²) < 4.78 is 0. The average molecular weight is 347 g/mol. The highest BCUT2D eigenvalue weighted by Crippen LogP contribution is 2.13. The summed E-state index contributed by atoms with van der Waals surface area (Å²) in [5, 5.41) is 2.09. The van der Waals surface area contributed by atoms with E-state index in [1.807, 2.05) is 10.4 Å². The van der Waals surface area contributed by atoms with Crippen LogP contribution in [0.15, 0.2) is 10.9 Å². The van der Waals surface area contributed by atoms with Gasteiger partial charge in [0.25, 0.3) is 0 Å². The normalized spacial score (nSPS) is 19.1. The first-order chi connectivity index (χ1) is 10.1. The van der Waals surface area contributed by atoms with Crippen molar-refractivity contribution >= 4 is 29.7 Å². The van der Waals surface area contributed by atoms with Crippen LogP contribution < -0.4 is 5.73 Å². The molecule has 0 spiro atoms. The number of carbonyl (C=O) groups excluding carboxylic acids is 1. The Bertz CT molecular complexity index is 443. The van der Waals surface area contributed by atoms with Crippen molar-refractivity contribution in [3.8, 4) is 0 Å². The molecule has 2 N–H and O–H groups in total. The monoisotopic (exact) mass is 346 g/mol. The Kier molecular flexibility index (Phi) is 8.31. The van der Waals surface area contributed by atoms with Crippen LogP contribution in [-0.2, 0) is 11.3 Å². The van der Waals surface area contributed by atoms with Crippen molar-refractivity contribution in [2.45, 2.75) is 39.3 Å². The fourth-order valence-electron chi connectivity index (χ4n) is 2.60. The molecule has 0 aliphatic carbocycles. The van der Waals surface area contributed by atoms with Crippen LogP contribution in [0, 0.1) is 5.92 Å². The molecule has 2 heterocycles. The van der Waals surface area contributed by atoms with Crippen LogP contribution in [0.5, 0.6) is 0 Å². The van der Waals surface area contributed by atoms with Crippen LogP contribution in [0.1, 0.15) is 32.4 Å². The standard InChI is InChI=1S/C15H26N4OS.ClH/c1-3-12(2)14(16)15(20)19-6-4-5-18(7-8-19)9-13-10-21-11-17-13;/h10-12,14H,3-9,16H2,1-2H3;1H. The molecule has 126 valence electrons. The number of aromatic nitrogens is 1. The summed E-state index contributed by atoms with van der Waals surface area (Å²) in [4.78, 5) is 21.1. The number of thiazole rings is 1. The van der Waals surface area contributed by atoms with Crippen LogP contribution in [0.3, 0.4) is 0 Å². The Balaban J connectivity index is 0.00000242. The molecular formula is C15H27ClN4OS. The highest BCUT2D eigenvalue weighted by atomic mass is 35.5. The van der Waals surface area contributed by atoms with Gasteiger partial charge < -0.3 is 10.6 Å². The van der Waals surface area contributed by atoms with Gasteiger partial charge >= 0.3 is 0 Å². The van der Waals surface area contributed by atoms with E-state index in [0.717, 1.165) is 51.3 Å². The number of hydrogen-bond donors (Lipinski definition) is 1. The van der Waals surface area contributed by atoms with Crippen LogP contribution >= 0.6 is 23.7 Å². The summed E-state index contributed by atoms with van der Waals surface area (Å²) in [5.74, 6) is 0.353. The highest BCUT2D eigenvalue weighted by molar-refractivity contribution is 7.07. The third-order valence-corrected chi connectivity index (χ3v) is 4.95. The van der Waals surface area contributed by atoms with Gasteiger partial charge in [0.05, 0.1) is 17.2 Å². The zero-order valence-corrected chi connectivity index (χ0v) is 15.0. The predicted molar refractivity (Wildman–Crippen MR) is 93.3 cm³/mol. The summed E-state index contributed by atoms with van der Waals surface area (Å²) in [6.07, 6.45) is 1.94. The van der Waals surface area contributed by atoms with E-state index in [9.17, 15) is 4.79 Å². The molecule has 1 aromatic heterocycles. The molecule has 7 heteroatoms. The zero-order valence-electron chi connectivity index (χ0n) is 13.4. The maximum absolute atomic E-state index is 12.4. The predicted octanol–water partition coefficient (Wildman–Crippen LogP) is 1.97. The second-order valence-corrected chi connectivity index (χ2v) is 6.56. The van der Waals surface area contributed by atoms with E-state index in [1.54, 1.807) is 11.3 Å². The van der Waals surface area contributed by atoms with Crippen LogP contribution in [0.2, 0.25) is 0 Å². The molecule has 1 aliphatic rings. The molecule has 0 aromatic carbocycles. The van der Waals surface area contributed by atoms with Crippen molar-refractivity contribution in [1.29, 1.82) is 0 Å². The largest absolute Gasteiger partial charge is 0.340 e. The Morgan fingerprint density at radius 3 is 2.82 bits per heavy atom. The first-order valence-corrected chi connectivity index (χ1v) is 8.70. The molecule has 1 saturated heterocycles. The second-order valence-electron chi connectivity index (χ2n) is 5.85. The van der Waals surface area contributed by atoms with Gasteiger partial charge in [-0.15, -0.1) is 23.7 Å². The molecule has 1 amide bonds. The van der Waals surface area contributed by atoms with E-state index < -0.39 is 0 Å². The minimum absolute atomic E-state index is 0. The highest BCUT2D eigenvalue weighted by Gasteiger charge is 2.26. The summed E-state index contributed by atoms with van der Waals surface area (Å²) >= 11 is 1.63. The van der Waals surface area contributed by atoms with Crippen molar-refractivity contribution in [3.63, 3.8) is 0 Å². The number of rotatable bonds is 5. The molecular weight excluding hydrogens is 320 g/mol. The molecule has 5 nitrogen and oxygen atoms in total. The van der Waals surface area contributed by atoms with Crippen LogP contribution in [0.4, 0.5) is 0 Å². The molecule has 0 bridgehead atoms. The van der Waals surface area contributed by atoms with Gasteiger partial charge in [-0.1, -0.05) is 20.3 Å². The topological polar surface area (TPSA) is 62.5 Å². The fraction of sp³-hybridized carbons (Fsp3) is 0.733. The number of hydrogen-bond acceptors (Lipinski definition) is 5. The molecule has 2 atom stereocenters. The lowest BCUT2D eigenvalue weighted by molar-refractivity contribution is -0.133. The van der Waals surface area contributed by atoms with Gasteiger partial charge in [0.1, 0.15) is 0 Å². The summed E-state index contributed by atoms with van der Waals surface area (Å²) in [5.41, 5.74) is 9.07. The summed E-state index contributed by atoms with van der Waals surface area (Å²) in [6, 6.07) is -0.361. The molecule has 2 unspecified atom stereocenters. The lowest BCUT2D eigenvalue weighted by Gasteiger charge is -2.27. The lowest BCUT2D eigenvalue weighted by Crippen LogP contribution is -2.48. The van der Waals surface area contributed by atoms with E-state index in [-0.39, 0.29) is 30.3 Å². The van der Waals surface area contributed by atoms with E-state index in [4.69, 9.17) is 5.73 Å².